The number of anilines is 1. The van der Waals surface area contributed by atoms with Gasteiger partial charge in [0.05, 0.1) is 12.7 Å². The quantitative estimate of drug-likeness (QED) is 0.881. The van der Waals surface area contributed by atoms with Gasteiger partial charge < -0.3 is 10.1 Å². The monoisotopic (exact) mass is 287 g/mol. The number of carbonyl (C=O) groups excluding carboxylic acids is 1. The highest BCUT2D eigenvalue weighted by Gasteiger charge is 2.14. The Labute approximate surface area is 120 Å². The zero-order valence-electron chi connectivity index (χ0n) is 10.6. The average Bonchev–Trinajstić information content (AvgIpc) is 2.47. The third-order valence-electron chi connectivity index (χ3n) is 2.59. The number of carbonyl (C=O) groups is 1. The number of halogens is 1. The number of aromatic nitrogens is 1. The van der Waals surface area contributed by atoms with Gasteiger partial charge in [-0.3, -0.25) is 4.79 Å². The lowest BCUT2D eigenvalue weighted by Gasteiger charge is -2.11. The number of methoxy groups -OCH3 is 1. The molecule has 0 radical (unpaired) electrons. The van der Waals surface area contributed by atoms with Gasteiger partial charge in [0.2, 0.25) is 0 Å². The number of ether oxygens (including phenoxy) is 1. The van der Waals surface area contributed by atoms with Crippen LogP contribution in [0.3, 0.4) is 0 Å². The Kier molecular flexibility index (Phi) is 4.18. The maximum absolute atomic E-state index is 12.1. The number of nitriles is 1. The Bertz CT molecular complexity index is 695. The number of hydrogen-bond donors (Lipinski definition) is 1. The molecule has 0 atom stereocenters. The molecule has 0 bridgehead atoms. The summed E-state index contributed by atoms with van der Waals surface area (Å²) in [6.45, 7) is 0. The highest BCUT2D eigenvalue weighted by atomic mass is 35.5. The molecule has 1 aromatic heterocycles. The van der Waals surface area contributed by atoms with E-state index in [9.17, 15) is 4.79 Å². The number of hydrogen-bond acceptors (Lipinski definition) is 4. The molecule has 0 spiro atoms. The molecule has 0 unspecified atom stereocenters. The molecular weight excluding hydrogens is 278 g/mol. The molecule has 1 N–H and O–H groups in total. The molecule has 0 fully saturated rings. The van der Waals surface area contributed by atoms with Crippen molar-refractivity contribution >= 4 is 23.2 Å². The van der Waals surface area contributed by atoms with E-state index in [0.29, 0.717) is 22.6 Å². The van der Waals surface area contributed by atoms with Crippen LogP contribution in [0.1, 0.15) is 15.9 Å². The van der Waals surface area contributed by atoms with E-state index in [-0.39, 0.29) is 5.15 Å². The van der Waals surface area contributed by atoms with Crippen LogP contribution in [-0.4, -0.2) is 18.0 Å². The van der Waals surface area contributed by atoms with Gasteiger partial charge in [-0.2, -0.15) is 5.26 Å². The second kappa shape index (κ2) is 6.04. The van der Waals surface area contributed by atoms with E-state index < -0.39 is 5.91 Å². The van der Waals surface area contributed by atoms with E-state index in [1.54, 1.807) is 18.2 Å². The first-order valence-corrected chi connectivity index (χ1v) is 6.03. The van der Waals surface area contributed by atoms with Gasteiger partial charge in [-0.15, -0.1) is 0 Å². The SMILES string of the molecule is COc1cccc(C#N)c1NC(=O)c1ccnc(Cl)c1. The smallest absolute Gasteiger partial charge is 0.255 e. The normalized spacial score (nSPS) is 9.65. The molecule has 20 heavy (non-hydrogen) atoms. The summed E-state index contributed by atoms with van der Waals surface area (Å²) in [5.74, 6) is 0.0212. The van der Waals surface area contributed by atoms with Crippen LogP contribution in [0.15, 0.2) is 36.5 Å². The molecule has 1 amide bonds. The summed E-state index contributed by atoms with van der Waals surface area (Å²) in [6.07, 6.45) is 1.44. The second-order valence-corrected chi connectivity index (χ2v) is 4.20. The number of para-hydroxylation sites is 1. The summed E-state index contributed by atoms with van der Waals surface area (Å²) < 4.78 is 5.14. The van der Waals surface area contributed by atoms with Crippen molar-refractivity contribution in [1.82, 2.24) is 4.98 Å². The summed E-state index contributed by atoms with van der Waals surface area (Å²) in [5, 5.41) is 12.0. The Hall–Kier alpha value is -2.58. The lowest BCUT2D eigenvalue weighted by atomic mass is 10.1. The van der Waals surface area contributed by atoms with Gasteiger partial charge >= 0.3 is 0 Å². The molecule has 5 nitrogen and oxygen atoms in total. The molecule has 0 saturated carbocycles. The van der Waals surface area contributed by atoms with E-state index >= 15 is 0 Å². The van der Waals surface area contributed by atoms with Crippen LogP contribution in [-0.2, 0) is 0 Å². The highest BCUT2D eigenvalue weighted by molar-refractivity contribution is 6.29. The summed E-state index contributed by atoms with van der Waals surface area (Å²) in [7, 11) is 1.47. The number of nitrogens with zero attached hydrogens (tertiary/aromatic N) is 2. The predicted octanol–water partition coefficient (Wildman–Crippen LogP) is 2.87. The van der Waals surface area contributed by atoms with Crippen LogP contribution >= 0.6 is 11.6 Å². The van der Waals surface area contributed by atoms with E-state index in [2.05, 4.69) is 10.3 Å². The largest absolute Gasteiger partial charge is 0.495 e. The number of rotatable bonds is 3. The van der Waals surface area contributed by atoms with Gasteiger partial charge in [-0.1, -0.05) is 17.7 Å². The number of amides is 1. The molecule has 1 aromatic carbocycles. The fourth-order valence-corrected chi connectivity index (χ4v) is 1.83. The fourth-order valence-electron chi connectivity index (χ4n) is 1.65. The zero-order valence-corrected chi connectivity index (χ0v) is 11.3. The molecule has 1 heterocycles. The van der Waals surface area contributed by atoms with Crippen molar-refractivity contribution in [2.75, 3.05) is 12.4 Å². The lowest BCUT2D eigenvalue weighted by molar-refractivity contribution is 0.102. The third-order valence-corrected chi connectivity index (χ3v) is 2.80. The number of pyridine rings is 1. The molecule has 0 aliphatic carbocycles. The van der Waals surface area contributed by atoms with E-state index in [0.717, 1.165) is 0 Å². The van der Waals surface area contributed by atoms with E-state index in [4.69, 9.17) is 21.6 Å². The molecule has 6 heteroatoms. The zero-order chi connectivity index (χ0) is 14.5. The third kappa shape index (κ3) is 2.87. The van der Waals surface area contributed by atoms with Gasteiger partial charge in [0.15, 0.2) is 0 Å². The minimum absolute atomic E-state index is 0.221. The first-order valence-electron chi connectivity index (χ1n) is 5.65. The van der Waals surface area contributed by atoms with Crippen LogP contribution < -0.4 is 10.1 Å². The molecule has 0 aliphatic rings. The standard InChI is InChI=1S/C14H10ClN3O2/c1-20-11-4-2-3-10(8-16)13(11)18-14(19)9-5-6-17-12(15)7-9/h2-7H,1H3,(H,18,19). The molecular formula is C14H10ClN3O2. The minimum Gasteiger partial charge on any atom is -0.495 e. The van der Waals surface area contributed by atoms with Gasteiger partial charge in [0.25, 0.3) is 5.91 Å². The highest BCUT2D eigenvalue weighted by Crippen LogP contribution is 2.28. The first-order chi connectivity index (χ1) is 9.65. The van der Waals surface area contributed by atoms with Crippen molar-refractivity contribution in [3.05, 3.63) is 52.8 Å². The molecule has 0 saturated heterocycles. The summed E-state index contributed by atoms with van der Waals surface area (Å²) in [4.78, 5) is 15.9. The van der Waals surface area contributed by atoms with Crippen molar-refractivity contribution in [2.24, 2.45) is 0 Å². The Morgan fingerprint density at radius 3 is 2.90 bits per heavy atom. The van der Waals surface area contributed by atoms with Crippen molar-refractivity contribution in [3.8, 4) is 11.8 Å². The number of nitrogens with one attached hydrogen (secondary N) is 1. The average molecular weight is 288 g/mol. The Balaban J connectivity index is 2.35. The molecule has 2 aromatic rings. The van der Waals surface area contributed by atoms with E-state index in [1.165, 1.54) is 25.4 Å². The number of benzene rings is 1. The first kappa shape index (κ1) is 13.8. The van der Waals surface area contributed by atoms with Crippen molar-refractivity contribution < 1.29 is 9.53 Å². The topological polar surface area (TPSA) is 75.0 Å². The second-order valence-electron chi connectivity index (χ2n) is 3.82. The van der Waals surface area contributed by atoms with Gasteiger partial charge in [0, 0.05) is 11.8 Å². The van der Waals surface area contributed by atoms with Gasteiger partial charge in [-0.25, -0.2) is 4.98 Å². The van der Waals surface area contributed by atoms with Gasteiger partial charge in [-0.05, 0) is 24.3 Å². The summed E-state index contributed by atoms with van der Waals surface area (Å²) in [5.41, 5.74) is 0.994. The van der Waals surface area contributed by atoms with Crippen molar-refractivity contribution in [1.29, 1.82) is 5.26 Å². The van der Waals surface area contributed by atoms with Crippen LogP contribution in [0.5, 0.6) is 5.75 Å². The van der Waals surface area contributed by atoms with E-state index in [1.807, 2.05) is 6.07 Å². The summed E-state index contributed by atoms with van der Waals surface area (Å²) in [6, 6.07) is 9.91. The lowest BCUT2D eigenvalue weighted by Crippen LogP contribution is -2.13. The van der Waals surface area contributed by atoms with Crippen LogP contribution in [0.25, 0.3) is 0 Å². The van der Waals surface area contributed by atoms with Gasteiger partial charge in [0.1, 0.15) is 22.7 Å². The minimum atomic E-state index is -0.393. The van der Waals surface area contributed by atoms with Crippen molar-refractivity contribution in [3.63, 3.8) is 0 Å². The van der Waals surface area contributed by atoms with Crippen molar-refractivity contribution in [2.45, 2.75) is 0 Å². The van der Waals surface area contributed by atoms with Crippen LogP contribution in [0.2, 0.25) is 5.15 Å². The fraction of sp³-hybridized carbons (Fsp3) is 0.0714. The van der Waals surface area contributed by atoms with Crippen LogP contribution in [0.4, 0.5) is 5.69 Å². The maximum Gasteiger partial charge on any atom is 0.255 e. The summed E-state index contributed by atoms with van der Waals surface area (Å²) >= 11 is 5.74. The Morgan fingerprint density at radius 2 is 2.25 bits per heavy atom. The molecule has 2 rings (SSSR count). The predicted molar refractivity (Wildman–Crippen MR) is 74.9 cm³/mol. The maximum atomic E-state index is 12.1. The van der Waals surface area contributed by atoms with Crippen LogP contribution in [0, 0.1) is 11.3 Å². The molecule has 0 aliphatic heterocycles. The Morgan fingerprint density at radius 1 is 1.45 bits per heavy atom. The molecule has 100 valence electrons.